The van der Waals surface area contributed by atoms with Crippen LogP contribution in [0.25, 0.3) is 0 Å². The van der Waals surface area contributed by atoms with Crippen LogP contribution in [-0.2, 0) is 0 Å². The van der Waals surface area contributed by atoms with Crippen molar-refractivity contribution < 1.29 is 19.6 Å². The number of carbonyl (C=O) groups is 2. The number of aliphatic hydroxyl groups is 1. The topological polar surface area (TPSA) is 125 Å². The van der Waals surface area contributed by atoms with E-state index in [2.05, 4.69) is 10.6 Å². The van der Waals surface area contributed by atoms with Crippen LogP contribution in [0.3, 0.4) is 0 Å². The Labute approximate surface area is 172 Å². The minimum Gasteiger partial charge on any atom is -0.374 e. The van der Waals surface area contributed by atoms with Crippen LogP contribution in [0.2, 0.25) is 0 Å². The lowest BCUT2D eigenvalue weighted by molar-refractivity contribution is -0.385. The zero-order valence-electron chi connectivity index (χ0n) is 16.4. The van der Waals surface area contributed by atoms with Gasteiger partial charge in [0, 0.05) is 42.0 Å². The second-order valence-electron chi connectivity index (χ2n) is 7.65. The lowest BCUT2D eigenvalue weighted by atomic mass is 10.1. The Morgan fingerprint density at radius 3 is 2.50 bits per heavy atom. The first kappa shape index (κ1) is 19.8. The lowest BCUT2D eigenvalue weighted by Gasteiger charge is -2.39. The summed E-state index contributed by atoms with van der Waals surface area (Å²) in [6.07, 6.45) is 1.87. The minimum atomic E-state index is -0.661. The Balaban J connectivity index is 1.60. The van der Waals surface area contributed by atoms with E-state index < -0.39 is 17.1 Å². The second kappa shape index (κ2) is 7.75. The van der Waals surface area contributed by atoms with Crippen molar-refractivity contribution in [1.29, 1.82) is 0 Å². The molecule has 156 valence electrons. The van der Waals surface area contributed by atoms with Crippen molar-refractivity contribution in [3.05, 3.63) is 63.2 Å². The number of rotatable bonds is 6. The number of aryl methyl sites for hydroxylation is 1. The molecule has 4 rings (SSSR count). The van der Waals surface area contributed by atoms with E-state index in [0.717, 1.165) is 18.4 Å². The highest BCUT2D eigenvalue weighted by atomic mass is 16.6. The molecular weight excluding hydrogens is 388 g/mol. The number of anilines is 2. The van der Waals surface area contributed by atoms with Gasteiger partial charge in [0.2, 0.25) is 0 Å². The molecular formula is C21H22N4O5. The predicted octanol–water partition coefficient (Wildman–Crippen LogP) is 2.58. The normalized spacial score (nSPS) is 17.8. The minimum absolute atomic E-state index is 0.108. The van der Waals surface area contributed by atoms with Crippen molar-refractivity contribution in [3.8, 4) is 0 Å². The molecule has 1 aliphatic heterocycles. The third-order valence-electron chi connectivity index (χ3n) is 5.40. The van der Waals surface area contributed by atoms with Crippen LogP contribution in [0, 0.1) is 17.0 Å². The molecule has 0 aromatic heterocycles. The van der Waals surface area contributed by atoms with E-state index in [0.29, 0.717) is 29.9 Å². The summed E-state index contributed by atoms with van der Waals surface area (Å²) in [5, 5.41) is 26.9. The number of carbonyl (C=O) groups excluding carboxylic acids is 2. The predicted molar refractivity (Wildman–Crippen MR) is 111 cm³/mol. The third kappa shape index (κ3) is 3.97. The molecule has 0 spiro atoms. The van der Waals surface area contributed by atoms with E-state index in [4.69, 9.17) is 0 Å². The van der Waals surface area contributed by atoms with Crippen LogP contribution < -0.4 is 15.5 Å². The van der Waals surface area contributed by atoms with E-state index in [1.165, 1.54) is 18.2 Å². The summed E-state index contributed by atoms with van der Waals surface area (Å²) in [6, 6.07) is 9.37. The molecule has 0 bridgehead atoms. The molecule has 2 amide bonds. The van der Waals surface area contributed by atoms with Gasteiger partial charge in [-0.25, -0.2) is 0 Å². The molecule has 1 saturated heterocycles. The number of hydrogen-bond acceptors (Lipinski definition) is 6. The average Bonchev–Trinajstić information content (AvgIpc) is 3.52. The van der Waals surface area contributed by atoms with Crippen molar-refractivity contribution >= 4 is 28.9 Å². The van der Waals surface area contributed by atoms with E-state index in [-0.39, 0.29) is 23.2 Å². The monoisotopic (exact) mass is 410 g/mol. The summed E-state index contributed by atoms with van der Waals surface area (Å²) in [6.45, 7) is 2.39. The fraction of sp³-hybridized carbons (Fsp3) is 0.333. The number of benzene rings is 2. The van der Waals surface area contributed by atoms with Crippen molar-refractivity contribution in [2.75, 3.05) is 16.8 Å². The average molecular weight is 410 g/mol. The molecule has 1 unspecified atom stereocenters. The molecule has 30 heavy (non-hydrogen) atoms. The van der Waals surface area contributed by atoms with E-state index in [1.54, 1.807) is 30.0 Å². The summed E-state index contributed by atoms with van der Waals surface area (Å²) < 4.78 is 0. The maximum absolute atomic E-state index is 12.9. The number of nitrogens with one attached hydrogen (secondary N) is 2. The Morgan fingerprint density at radius 1 is 1.13 bits per heavy atom. The van der Waals surface area contributed by atoms with Gasteiger partial charge in [-0.2, -0.15) is 0 Å². The van der Waals surface area contributed by atoms with Crippen molar-refractivity contribution in [3.63, 3.8) is 0 Å². The lowest BCUT2D eigenvalue weighted by Crippen LogP contribution is -2.47. The molecule has 0 radical (unpaired) electrons. The first-order valence-electron chi connectivity index (χ1n) is 9.79. The molecule has 9 heteroatoms. The molecule has 1 heterocycles. The van der Waals surface area contributed by atoms with Crippen LogP contribution in [0.15, 0.2) is 36.4 Å². The third-order valence-corrected chi connectivity index (χ3v) is 5.40. The van der Waals surface area contributed by atoms with Crippen LogP contribution >= 0.6 is 0 Å². The summed E-state index contributed by atoms with van der Waals surface area (Å²) in [5.74, 6) is -0.867. The quantitative estimate of drug-likeness (QED) is 0.497. The number of hydrogen-bond donors (Lipinski definition) is 3. The van der Waals surface area contributed by atoms with E-state index in [9.17, 15) is 24.8 Å². The molecule has 1 atom stereocenters. The number of nitrogens with zero attached hydrogens (tertiary/aromatic N) is 2. The van der Waals surface area contributed by atoms with Crippen LogP contribution in [0.5, 0.6) is 0 Å². The molecule has 9 nitrogen and oxygen atoms in total. The Hall–Kier alpha value is -3.46. The fourth-order valence-electron chi connectivity index (χ4n) is 3.30. The maximum atomic E-state index is 12.9. The van der Waals surface area contributed by atoms with Crippen molar-refractivity contribution in [2.45, 2.75) is 38.5 Å². The summed E-state index contributed by atoms with van der Waals surface area (Å²) in [5.41, 5.74) is 1.65. The molecule has 1 aliphatic carbocycles. The largest absolute Gasteiger partial charge is 0.374 e. The summed E-state index contributed by atoms with van der Waals surface area (Å²) in [7, 11) is 0. The number of nitro benzene ring substituents is 1. The molecule has 2 aliphatic rings. The first-order chi connectivity index (χ1) is 14.3. The highest BCUT2D eigenvalue weighted by molar-refractivity contribution is 6.08. The number of aliphatic hydroxyl groups excluding tert-OH is 1. The van der Waals surface area contributed by atoms with Crippen LogP contribution in [0.4, 0.5) is 17.1 Å². The van der Waals surface area contributed by atoms with Gasteiger partial charge < -0.3 is 20.6 Å². The van der Waals surface area contributed by atoms with Gasteiger partial charge in [-0.15, -0.1) is 0 Å². The number of amides is 2. The van der Waals surface area contributed by atoms with Gasteiger partial charge in [0.25, 0.3) is 17.5 Å². The van der Waals surface area contributed by atoms with Gasteiger partial charge in [-0.1, -0.05) is 6.07 Å². The first-order valence-corrected chi connectivity index (χ1v) is 9.79. The number of nitro groups is 1. The Morgan fingerprint density at radius 2 is 1.90 bits per heavy atom. The SMILES string of the molecule is Cc1ccc(C(=O)NC2CC2)cc1NC(=O)c1cc(N2CCC2O)ccc1[N+](=O)[O-]. The molecule has 2 fully saturated rings. The summed E-state index contributed by atoms with van der Waals surface area (Å²) in [4.78, 5) is 37.7. The van der Waals surface area contributed by atoms with Crippen LogP contribution in [0.1, 0.15) is 45.5 Å². The summed E-state index contributed by atoms with van der Waals surface area (Å²) >= 11 is 0. The second-order valence-corrected chi connectivity index (χ2v) is 7.65. The maximum Gasteiger partial charge on any atom is 0.282 e. The van der Waals surface area contributed by atoms with Crippen molar-refractivity contribution in [1.82, 2.24) is 5.32 Å². The molecule has 2 aromatic carbocycles. The standard InChI is InChI=1S/C21H22N4O5/c1-12-2-3-13(20(27)22-14-4-5-14)10-17(12)23-21(28)16-11-15(24-9-8-19(24)26)6-7-18(16)25(29)30/h2-3,6-7,10-11,14,19,26H,4-5,8-9H2,1H3,(H,22,27)(H,23,28). The Bertz CT molecular complexity index is 1030. The van der Waals surface area contributed by atoms with Gasteiger partial charge in [-0.05, 0) is 49.6 Å². The van der Waals surface area contributed by atoms with Gasteiger partial charge >= 0.3 is 0 Å². The van der Waals surface area contributed by atoms with Gasteiger partial charge in [0.1, 0.15) is 11.8 Å². The van der Waals surface area contributed by atoms with Gasteiger partial charge in [-0.3, -0.25) is 19.7 Å². The highest BCUT2D eigenvalue weighted by Gasteiger charge is 2.29. The zero-order valence-corrected chi connectivity index (χ0v) is 16.4. The highest BCUT2D eigenvalue weighted by Crippen LogP contribution is 2.31. The molecule has 2 aromatic rings. The van der Waals surface area contributed by atoms with Crippen LogP contribution in [-0.4, -0.2) is 40.7 Å². The fourth-order valence-corrected chi connectivity index (χ4v) is 3.30. The Kier molecular flexibility index (Phi) is 5.13. The smallest absolute Gasteiger partial charge is 0.282 e. The van der Waals surface area contributed by atoms with E-state index in [1.807, 2.05) is 0 Å². The van der Waals surface area contributed by atoms with Gasteiger partial charge in [0.15, 0.2) is 0 Å². The zero-order chi connectivity index (χ0) is 21.4. The van der Waals surface area contributed by atoms with Gasteiger partial charge in [0.05, 0.1) is 4.92 Å². The van der Waals surface area contributed by atoms with Crippen molar-refractivity contribution in [2.24, 2.45) is 0 Å². The molecule has 3 N–H and O–H groups in total. The van der Waals surface area contributed by atoms with E-state index >= 15 is 0 Å². The molecule has 1 saturated carbocycles.